The number of fused-ring (bicyclic) bond motifs is 1. The van der Waals surface area contributed by atoms with Crippen LogP contribution in [0.15, 0.2) is 4.52 Å². The summed E-state index contributed by atoms with van der Waals surface area (Å²) >= 11 is 0. The number of hydrogen-bond acceptors (Lipinski definition) is 4. The maximum absolute atomic E-state index is 5.14. The summed E-state index contributed by atoms with van der Waals surface area (Å²) in [6.45, 7) is 2.59. The van der Waals surface area contributed by atoms with Crippen molar-refractivity contribution in [1.82, 2.24) is 15.5 Å². The first-order chi connectivity index (χ1) is 8.81. The number of nitrogens with zero attached hydrogens (tertiary/aromatic N) is 2. The Labute approximate surface area is 109 Å². The van der Waals surface area contributed by atoms with E-state index in [1.54, 1.807) is 0 Å². The molecule has 2 fully saturated rings. The van der Waals surface area contributed by atoms with Gasteiger partial charge >= 0.3 is 0 Å². The Hall–Kier alpha value is -0.900. The maximum Gasteiger partial charge on any atom is 0.240 e. The molecule has 3 rings (SSSR count). The van der Waals surface area contributed by atoms with Gasteiger partial charge in [-0.05, 0) is 38.0 Å². The van der Waals surface area contributed by atoms with Crippen molar-refractivity contribution >= 4 is 0 Å². The molecule has 1 aromatic rings. The molecule has 3 unspecified atom stereocenters. The molecule has 2 aliphatic rings. The monoisotopic (exact) mass is 249 g/mol. The van der Waals surface area contributed by atoms with E-state index in [1.165, 1.54) is 44.9 Å². The van der Waals surface area contributed by atoms with E-state index in [0.717, 1.165) is 30.1 Å². The molecule has 3 atom stereocenters. The number of nitrogens with one attached hydrogen (secondary N) is 1. The molecular weight excluding hydrogens is 226 g/mol. The van der Waals surface area contributed by atoms with Gasteiger partial charge in [0.25, 0.3) is 0 Å². The van der Waals surface area contributed by atoms with E-state index in [4.69, 9.17) is 4.52 Å². The Morgan fingerprint density at radius 1 is 1.17 bits per heavy atom. The van der Waals surface area contributed by atoms with Crippen molar-refractivity contribution in [2.24, 2.45) is 11.8 Å². The first-order valence-electron chi connectivity index (χ1n) is 7.34. The Balaban J connectivity index is 1.49. The second-order valence-corrected chi connectivity index (χ2v) is 5.93. The van der Waals surface area contributed by atoms with Gasteiger partial charge in [0, 0.05) is 6.04 Å². The highest BCUT2D eigenvalue weighted by molar-refractivity contribution is 4.88. The van der Waals surface area contributed by atoms with Crippen LogP contribution < -0.4 is 5.32 Å². The molecule has 4 nitrogen and oxygen atoms in total. The lowest BCUT2D eigenvalue weighted by Gasteiger charge is -2.39. The third kappa shape index (κ3) is 2.74. The van der Waals surface area contributed by atoms with Crippen molar-refractivity contribution in [1.29, 1.82) is 0 Å². The summed E-state index contributed by atoms with van der Waals surface area (Å²) in [7, 11) is 0. The predicted octanol–water partition coefficient (Wildman–Crippen LogP) is 2.83. The van der Waals surface area contributed by atoms with Gasteiger partial charge in [0.15, 0.2) is 5.82 Å². The Bertz CT molecular complexity index is 390. The minimum Gasteiger partial charge on any atom is -0.338 e. The Morgan fingerprint density at radius 3 is 2.78 bits per heavy atom. The van der Waals surface area contributed by atoms with Crippen molar-refractivity contribution in [3.05, 3.63) is 11.7 Å². The third-order valence-corrected chi connectivity index (χ3v) is 4.65. The molecule has 0 spiro atoms. The zero-order chi connectivity index (χ0) is 12.4. The predicted molar refractivity (Wildman–Crippen MR) is 69.0 cm³/mol. The van der Waals surface area contributed by atoms with Gasteiger partial charge in [0.2, 0.25) is 5.89 Å². The van der Waals surface area contributed by atoms with Gasteiger partial charge in [-0.15, -0.1) is 0 Å². The molecule has 0 amide bonds. The molecule has 0 bridgehead atoms. The molecule has 0 saturated heterocycles. The number of aryl methyl sites for hydroxylation is 1. The average molecular weight is 249 g/mol. The van der Waals surface area contributed by atoms with E-state index in [-0.39, 0.29) is 0 Å². The van der Waals surface area contributed by atoms with Gasteiger partial charge in [-0.2, -0.15) is 4.98 Å². The van der Waals surface area contributed by atoms with Gasteiger partial charge in [-0.25, -0.2) is 0 Å². The van der Waals surface area contributed by atoms with Crippen LogP contribution in [0.25, 0.3) is 0 Å². The fourth-order valence-corrected chi connectivity index (χ4v) is 3.70. The van der Waals surface area contributed by atoms with Crippen LogP contribution in [-0.4, -0.2) is 16.2 Å². The summed E-state index contributed by atoms with van der Waals surface area (Å²) in [5.41, 5.74) is 0. The van der Waals surface area contributed by atoms with Crippen molar-refractivity contribution in [3.8, 4) is 0 Å². The van der Waals surface area contributed by atoms with Crippen LogP contribution in [0.4, 0.5) is 0 Å². The largest absolute Gasteiger partial charge is 0.338 e. The fraction of sp³-hybridized carbons (Fsp3) is 0.857. The maximum atomic E-state index is 5.14. The van der Waals surface area contributed by atoms with Crippen LogP contribution in [0.3, 0.4) is 0 Å². The molecule has 2 saturated carbocycles. The quantitative estimate of drug-likeness (QED) is 0.895. The van der Waals surface area contributed by atoms with Gasteiger partial charge < -0.3 is 9.84 Å². The lowest BCUT2D eigenvalue weighted by molar-refractivity contribution is 0.141. The second-order valence-electron chi connectivity index (χ2n) is 5.93. The van der Waals surface area contributed by atoms with E-state index in [1.807, 2.05) is 6.92 Å². The second kappa shape index (κ2) is 5.39. The van der Waals surface area contributed by atoms with Gasteiger partial charge in [0.1, 0.15) is 0 Å². The van der Waals surface area contributed by atoms with E-state index < -0.39 is 0 Å². The molecule has 1 N–H and O–H groups in total. The molecule has 0 aliphatic heterocycles. The summed E-state index contributed by atoms with van der Waals surface area (Å²) < 4.78 is 5.14. The summed E-state index contributed by atoms with van der Waals surface area (Å²) in [4.78, 5) is 4.24. The summed E-state index contributed by atoms with van der Waals surface area (Å²) in [5.74, 6) is 3.43. The SMILES string of the molecule is Cc1noc(CNC2CCC3CCCCC3C2)n1. The number of rotatable bonds is 3. The van der Waals surface area contributed by atoms with Gasteiger partial charge in [-0.3, -0.25) is 0 Å². The molecule has 100 valence electrons. The van der Waals surface area contributed by atoms with Crippen LogP contribution in [0, 0.1) is 18.8 Å². The number of aromatic nitrogens is 2. The van der Waals surface area contributed by atoms with Crippen LogP contribution in [0.2, 0.25) is 0 Å². The standard InChI is InChI=1S/C14H23N3O/c1-10-16-14(18-17-10)9-15-13-7-6-11-4-2-3-5-12(11)8-13/h11-13,15H,2-9H2,1H3. The molecule has 4 heteroatoms. The van der Waals surface area contributed by atoms with Gasteiger partial charge in [0.05, 0.1) is 6.54 Å². The van der Waals surface area contributed by atoms with E-state index in [9.17, 15) is 0 Å². The highest BCUT2D eigenvalue weighted by atomic mass is 16.5. The first-order valence-corrected chi connectivity index (χ1v) is 7.34. The molecule has 18 heavy (non-hydrogen) atoms. The normalized spacial score (nSPS) is 32.2. The van der Waals surface area contributed by atoms with Crippen molar-refractivity contribution in [3.63, 3.8) is 0 Å². The van der Waals surface area contributed by atoms with Crippen molar-refractivity contribution < 1.29 is 4.52 Å². The molecule has 1 heterocycles. The lowest BCUT2D eigenvalue weighted by atomic mass is 9.69. The molecule has 2 aliphatic carbocycles. The van der Waals surface area contributed by atoms with E-state index in [0.29, 0.717) is 6.04 Å². The fourth-order valence-electron chi connectivity index (χ4n) is 3.70. The highest BCUT2D eigenvalue weighted by Gasteiger charge is 2.31. The third-order valence-electron chi connectivity index (χ3n) is 4.65. The zero-order valence-electron chi connectivity index (χ0n) is 11.2. The smallest absolute Gasteiger partial charge is 0.240 e. The van der Waals surface area contributed by atoms with Crippen molar-refractivity contribution in [2.75, 3.05) is 0 Å². The van der Waals surface area contributed by atoms with E-state index >= 15 is 0 Å². The summed E-state index contributed by atoms with van der Waals surface area (Å²) in [6.07, 6.45) is 9.89. The first kappa shape index (κ1) is 12.2. The highest BCUT2D eigenvalue weighted by Crippen LogP contribution is 2.40. The van der Waals surface area contributed by atoms with Crippen LogP contribution >= 0.6 is 0 Å². The Morgan fingerprint density at radius 2 is 2.00 bits per heavy atom. The summed E-state index contributed by atoms with van der Waals surface area (Å²) in [5, 5.41) is 7.41. The van der Waals surface area contributed by atoms with Crippen LogP contribution in [-0.2, 0) is 6.54 Å². The Kier molecular flexibility index (Phi) is 3.64. The minimum atomic E-state index is 0.650. The van der Waals surface area contributed by atoms with Crippen LogP contribution in [0.1, 0.15) is 56.7 Å². The molecule has 1 aromatic heterocycles. The average Bonchev–Trinajstić information content (AvgIpc) is 2.82. The molecule has 0 radical (unpaired) electrons. The molecule has 0 aromatic carbocycles. The van der Waals surface area contributed by atoms with Crippen molar-refractivity contribution in [2.45, 2.75) is 64.5 Å². The zero-order valence-corrected chi connectivity index (χ0v) is 11.2. The van der Waals surface area contributed by atoms with Gasteiger partial charge in [-0.1, -0.05) is 30.8 Å². The topological polar surface area (TPSA) is 51.0 Å². The summed E-state index contributed by atoms with van der Waals surface area (Å²) in [6, 6.07) is 0.650. The lowest BCUT2D eigenvalue weighted by Crippen LogP contribution is -2.38. The minimum absolute atomic E-state index is 0.650. The number of hydrogen-bond donors (Lipinski definition) is 1. The molecular formula is C14H23N3O. The van der Waals surface area contributed by atoms with E-state index in [2.05, 4.69) is 15.5 Å². The van der Waals surface area contributed by atoms with Crippen LogP contribution in [0.5, 0.6) is 0 Å².